The quantitative estimate of drug-likeness (QED) is 0.171. The summed E-state index contributed by atoms with van der Waals surface area (Å²) < 4.78 is 39.5. The predicted octanol–water partition coefficient (Wildman–Crippen LogP) is 14.4. The molecule has 2 heterocycles. The molecule has 1 unspecified atom stereocenters. The first kappa shape index (κ1) is 58.5. The van der Waals surface area contributed by atoms with E-state index in [9.17, 15) is 10.2 Å². The molecule has 4 aromatic carbocycles. The van der Waals surface area contributed by atoms with Crippen LogP contribution >= 0.6 is 0 Å². The summed E-state index contributed by atoms with van der Waals surface area (Å²) in [5.74, 6) is 1.94. The van der Waals surface area contributed by atoms with Crippen molar-refractivity contribution in [2.75, 3.05) is 52.9 Å². The third-order valence-electron chi connectivity index (χ3n) is 15.3. The molecule has 2 aliphatic carbocycles. The second-order valence-electron chi connectivity index (χ2n) is 27.0. The van der Waals surface area contributed by atoms with Gasteiger partial charge in [-0.25, -0.2) is 0 Å². The smallest absolute Gasteiger partial charge is 0.130 e. The monoisotopic (exact) mass is 1060 g/mol. The highest BCUT2D eigenvalue weighted by Gasteiger charge is 2.33. The average molecular weight is 1060 g/mol. The average Bonchev–Trinajstić information content (AvgIpc) is 3.46. The van der Waals surface area contributed by atoms with E-state index in [1.807, 2.05) is 18.2 Å². The predicted molar refractivity (Wildman–Crippen MR) is 314 cm³/mol. The van der Waals surface area contributed by atoms with Gasteiger partial charge in [0.25, 0.3) is 0 Å². The highest BCUT2D eigenvalue weighted by atomic mass is 16.6. The molecular formula is C69H89NO8. The van der Waals surface area contributed by atoms with Gasteiger partial charge in [0, 0.05) is 43.9 Å². The molecule has 78 heavy (non-hydrogen) atoms. The molecule has 0 saturated heterocycles. The maximum absolute atomic E-state index is 12.8. The Morgan fingerprint density at radius 3 is 1.40 bits per heavy atom. The molecule has 0 radical (unpaired) electrons. The maximum atomic E-state index is 12.8. The minimum atomic E-state index is -0.492. The Hall–Kier alpha value is -5.67. The number of ether oxygens (including phenoxy) is 6. The van der Waals surface area contributed by atoms with Gasteiger partial charge < -0.3 is 38.6 Å². The van der Waals surface area contributed by atoms with Crippen molar-refractivity contribution in [2.24, 2.45) is 5.41 Å². The second-order valence-corrected chi connectivity index (χ2v) is 27.0. The van der Waals surface area contributed by atoms with Crippen molar-refractivity contribution in [3.63, 3.8) is 0 Å². The number of benzene rings is 4. The SMILES string of the molecule is CC(C)(C)C1=C=C2Cc3cc(C(C)(C)C)cc(c3OCc3ccccn3)Cc3cc(C(C)(C)C)cc(c3O)Cc3cc(C(C)(C)C)cc(c3O)Cc3cc(C(C)(C)C)cc4c3OCCOCCOCCOCCOC2C(=C1)C4. The van der Waals surface area contributed by atoms with Crippen LogP contribution in [0.1, 0.15) is 176 Å². The first-order valence-electron chi connectivity index (χ1n) is 28.4. The molecule has 3 aliphatic rings. The topological polar surface area (TPSA) is 109 Å². The lowest BCUT2D eigenvalue weighted by Gasteiger charge is -2.32. The Bertz CT molecular complexity index is 3050. The van der Waals surface area contributed by atoms with E-state index >= 15 is 0 Å². The van der Waals surface area contributed by atoms with E-state index in [4.69, 9.17) is 33.4 Å². The standard InChI is InChI=1S/C69H89NO8/c1-65(2,3)54-33-44-28-45-34-55(66(4,5)6)36-47(61(45)72)30-49-38-57(68(10,11)12)42-53(64(49)78-43-59-18-16-17-19-70-59)32-52-41-58(69(13,14)15)40-51-31-50-39-56(67(7,8)9)37-48(29-46(35-54)60(44)71)62(50)76-26-24-74-22-20-73-21-23-75-25-27-77-63(51)52/h16-19,33-40,42,63,71-72H,20-32,43H2,1-15H3. The fourth-order valence-electron chi connectivity index (χ4n) is 10.5. The van der Waals surface area contributed by atoms with Gasteiger partial charge in [-0.15, -0.1) is 5.73 Å². The van der Waals surface area contributed by atoms with Crippen molar-refractivity contribution in [3.8, 4) is 23.0 Å². The van der Waals surface area contributed by atoms with Crippen molar-refractivity contribution in [1.82, 2.24) is 4.98 Å². The number of nitrogens with zero attached hydrogens (tertiary/aromatic N) is 1. The summed E-state index contributed by atoms with van der Waals surface area (Å²) in [5.41, 5.74) is 18.2. The zero-order valence-electron chi connectivity index (χ0n) is 49.8. The number of hydrogen-bond acceptors (Lipinski definition) is 9. The van der Waals surface area contributed by atoms with Gasteiger partial charge in [0.2, 0.25) is 0 Å². The number of aromatic nitrogens is 1. The van der Waals surface area contributed by atoms with Gasteiger partial charge in [0.05, 0.1) is 51.9 Å². The number of hydrogen-bond donors (Lipinski definition) is 2. The Balaban J connectivity index is 1.48. The Labute approximate surface area is 467 Å². The number of phenolic OH excluding ortho intramolecular Hbond substituents is 2. The molecule has 0 spiro atoms. The summed E-state index contributed by atoms with van der Waals surface area (Å²) in [6, 6.07) is 23.7. The largest absolute Gasteiger partial charge is 0.507 e. The lowest BCUT2D eigenvalue weighted by Crippen LogP contribution is -2.27. The number of pyridine rings is 1. The fourth-order valence-corrected chi connectivity index (χ4v) is 10.5. The molecule has 0 amide bonds. The summed E-state index contributed by atoms with van der Waals surface area (Å²) >= 11 is 0. The number of phenols is 2. The van der Waals surface area contributed by atoms with Crippen molar-refractivity contribution < 1.29 is 38.6 Å². The third kappa shape index (κ3) is 14.4. The molecule has 1 aliphatic heterocycles. The number of aromatic hydroxyl groups is 2. The van der Waals surface area contributed by atoms with Crippen LogP contribution in [0.5, 0.6) is 23.0 Å². The molecule has 2 N–H and O–H groups in total. The van der Waals surface area contributed by atoms with Gasteiger partial charge in [-0.2, -0.15) is 0 Å². The Morgan fingerprint density at radius 1 is 0.500 bits per heavy atom. The van der Waals surface area contributed by atoms with Crippen LogP contribution in [0.3, 0.4) is 0 Å². The highest BCUT2D eigenvalue weighted by Crippen LogP contribution is 2.45. The van der Waals surface area contributed by atoms with Crippen LogP contribution < -0.4 is 9.47 Å². The minimum Gasteiger partial charge on any atom is -0.507 e. The third-order valence-corrected chi connectivity index (χ3v) is 15.3. The molecule has 5 aromatic rings. The number of rotatable bonds is 3. The van der Waals surface area contributed by atoms with Gasteiger partial charge in [0.1, 0.15) is 42.3 Å². The van der Waals surface area contributed by atoms with Crippen molar-refractivity contribution in [1.29, 1.82) is 0 Å². The second kappa shape index (κ2) is 23.6. The highest BCUT2D eigenvalue weighted by molar-refractivity contribution is 5.59. The van der Waals surface area contributed by atoms with Crippen molar-refractivity contribution in [3.05, 3.63) is 174 Å². The fraction of sp³-hybridized carbons (Fsp3) is 0.507. The minimum absolute atomic E-state index is 0.211. The van der Waals surface area contributed by atoms with Crippen LogP contribution in [0, 0.1) is 5.41 Å². The van der Waals surface area contributed by atoms with E-state index < -0.39 is 6.10 Å². The maximum Gasteiger partial charge on any atom is 0.130 e. The van der Waals surface area contributed by atoms with E-state index in [-0.39, 0.29) is 45.2 Å². The molecular weight excluding hydrogens is 971 g/mol. The van der Waals surface area contributed by atoms with Gasteiger partial charge in [-0.3, -0.25) is 4.98 Å². The summed E-state index contributed by atoms with van der Waals surface area (Å²) in [6.45, 7) is 36.9. The molecule has 8 rings (SSSR count). The summed E-state index contributed by atoms with van der Waals surface area (Å²) in [6.07, 6.45) is 5.73. The van der Waals surface area contributed by atoms with E-state index in [1.54, 1.807) is 6.20 Å². The number of allylic oxidation sites excluding steroid dienone is 1. The summed E-state index contributed by atoms with van der Waals surface area (Å²) in [5, 5.41) is 25.7. The van der Waals surface area contributed by atoms with Gasteiger partial charge in [-0.05, 0) is 123 Å². The van der Waals surface area contributed by atoms with E-state index in [0.717, 1.165) is 101 Å². The van der Waals surface area contributed by atoms with Gasteiger partial charge >= 0.3 is 0 Å². The lowest BCUT2D eigenvalue weighted by molar-refractivity contribution is -0.0101. The Morgan fingerprint density at radius 2 is 0.923 bits per heavy atom. The van der Waals surface area contributed by atoms with Gasteiger partial charge in [0.15, 0.2) is 0 Å². The zero-order valence-corrected chi connectivity index (χ0v) is 49.8. The van der Waals surface area contributed by atoms with Crippen LogP contribution in [0.15, 0.2) is 101 Å². The van der Waals surface area contributed by atoms with E-state index in [2.05, 4.69) is 164 Å². The molecule has 1 atom stereocenters. The van der Waals surface area contributed by atoms with Crippen LogP contribution in [0.25, 0.3) is 0 Å². The summed E-state index contributed by atoms with van der Waals surface area (Å²) in [4.78, 5) is 4.70. The lowest BCUT2D eigenvalue weighted by atomic mass is 9.77. The van der Waals surface area contributed by atoms with Crippen LogP contribution in [0.4, 0.5) is 0 Å². The van der Waals surface area contributed by atoms with E-state index in [1.165, 1.54) is 0 Å². The molecule has 9 nitrogen and oxygen atoms in total. The Kier molecular flexibility index (Phi) is 17.7. The van der Waals surface area contributed by atoms with Crippen molar-refractivity contribution >= 4 is 0 Å². The molecule has 1 aromatic heterocycles. The van der Waals surface area contributed by atoms with Crippen molar-refractivity contribution in [2.45, 2.75) is 170 Å². The van der Waals surface area contributed by atoms with Crippen LogP contribution in [0.2, 0.25) is 0 Å². The van der Waals surface area contributed by atoms with Crippen LogP contribution in [-0.2, 0) is 79.3 Å². The van der Waals surface area contributed by atoms with Gasteiger partial charge in [-0.1, -0.05) is 158 Å². The molecule has 418 valence electrons. The summed E-state index contributed by atoms with van der Waals surface area (Å²) in [7, 11) is 0. The normalized spacial score (nSPS) is 17.7. The number of fused-ring (bicyclic) bond motifs is 6. The van der Waals surface area contributed by atoms with Crippen LogP contribution in [-0.4, -0.2) is 74.2 Å². The van der Waals surface area contributed by atoms with E-state index in [0.29, 0.717) is 85.0 Å². The molecule has 0 fully saturated rings. The molecule has 0 saturated carbocycles. The first-order valence-corrected chi connectivity index (χ1v) is 28.4. The zero-order chi connectivity index (χ0) is 56.4. The molecule has 9 heteroatoms. The first-order chi connectivity index (χ1) is 36.6. The molecule has 12 bridgehead atoms.